The first kappa shape index (κ1) is 15.5. The number of thioether (sulfide) groups is 1. The van der Waals surface area contributed by atoms with Crippen LogP contribution in [-0.2, 0) is 11.2 Å². The summed E-state index contributed by atoms with van der Waals surface area (Å²) in [5, 5.41) is 0.0171. The molecule has 0 unspecified atom stereocenters. The average Bonchev–Trinajstić information content (AvgIpc) is 2.52. The van der Waals surface area contributed by atoms with Crippen LogP contribution >= 0.6 is 11.8 Å². The lowest BCUT2D eigenvalue weighted by Crippen LogP contribution is -2.40. The van der Waals surface area contributed by atoms with Crippen molar-refractivity contribution in [3.63, 3.8) is 0 Å². The van der Waals surface area contributed by atoms with E-state index in [2.05, 4.69) is 21.0 Å². The van der Waals surface area contributed by atoms with Gasteiger partial charge in [-0.15, -0.1) is 0 Å². The van der Waals surface area contributed by atoms with Gasteiger partial charge in [-0.1, -0.05) is 30.0 Å². The number of rotatable bonds is 3. The molecule has 3 rings (SSSR count). The Bertz CT molecular complexity index is 717. The van der Waals surface area contributed by atoms with Crippen LogP contribution in [0.1, 0.15) is 18.9 Å². The highest BCUT2D eigenvalue weighted by atomic mass is 32.2. The van der Waals surface area contributed by atoms with Crippen LogP contribution in [0.5, 0.6) is 0 Å². The van der Waals surface area contributed by atoms with Gasteiger partial charge in [-0.2, -0.15) is 15.0 Å². The quantitative estimate of drug-likeness (QED) is 0.820. The smallest absolute Gasteiger partial charge is 0.240 e. The zero-order chi connectivity index (χ0) is 16.4. The minimum atomic E-state index is -0.345. The molecule has 1 amide bonds. The number of para-hydroxylation sites is 1. The van der Waals surface area contributed by atoms with E-state index in [9.17, 15) is 4.79 Å². The molecule has 0 bridgehead atoms. The van der Waals surface area contributed by atoms with Crippen LogP contribution in [0.25, 0.3) is 0 Å². The van der Waals surface area contributed by atoms with E-state index in [1.807, 2.05) is 30.0 Å². The molecule has 0 saturated carbocycles. The molecule has 1 aromatic carbocycles. The van der Waals surface area contributed by atoms with E-state index in [-0.39, 0.29) is 23.1 Å². The summed E-state index contributed by atoms with van der Waals surface area (Å²) < 4.78 is 0. The Balaban J connectivity index is 1.78. The Labute approximate surface area is 138 Å². The predicted octanol–water partition coefficient (Wildman–Crippen LogP) is 1.50. The van der Waals surface area contributed by atoms with Crippen LogP contribution in [0.3, 0.4) is 0 Å². The number of hydrogen-bond acceptors (Lipinski definition) is 7. The largest absolute Gasteiger partial charge is 0.368 e. The van der Waals surface area contributed by atoms with Gasteiger partial charge >= 0.3 is 0 Å². The number of nitrogens with zero attached hydrogens (tertiary/aromatic N) is 4. The van der Waals surface area contributed by atoms with Crippen LogP contribution < -0.4 is 16.4 Å². The molecular formula is C15H18N6OS. The van der Waals surface area contributed by atoms with Crippen molar-refractivity contribution in [2.75, 3.05) is 22.9 Å². The van der Waals surface area contributed by atoms with E-state index < -0.39 is 0 Å². The van der Waals surface area contributed by atoms with Gasteiger partial charge in [0, 0.05) is 12.2 Å². The maximum atomic E-state index is 12.8. The fourth-order valence-corrected chi connectivity index (χ4v) is 3.47. The number of anilines is 3. The Morgan fingerprint density at radius 3 is 2.65 bits per heavy atom. The zero-order valence-electron chi connectivity index (χ0n) is 12.8. The fraction of sp³-hybridized carbons (Fsp3) is 0.333. The van der Waals surface area contributed by atoms with Crippen molar-refractivity contribution in [3.05, 3.63) is 29.8 Å². The molecule has 0 spiro atoms. The number of carbonyl (C=O) groups is 1. The van der Waals surface area contributed by atoms with Crippen molar-refractivity contribution in [1.29, 1.82) is 0 Å². The van der Waals surface area contributed by atoms with Gasteiger partial charge in [0.2, 0.25) is 17.8 Å². The standard InChI is InChI=1S/C15H18N6OS/c1-9(23-15-19-13(16)18-14(17)20-15)12(22)21-8-4-6-10-5-2-3-7-11(10)21/h2-3,5,7,9H,4,6,8H2,1H3,(H4,16,17,18,19,20)/t9-/m1/s1. The normalized spacial score (nSPS) is 15.1. The third-order valence-corrected chi connectivity index (χ3v) is 4.60. The number of benzene rings is 1. The lowest BCUT2D eigenvalue weighted by molar-refractivity contribution is -0.117. The number of nitrogen functional groups attached to an aromatic ring is 2. The molecule has 2 aromatic rings. The fourth-order valence-electron chi connectivity index (χ4n) is 2.63. The summed E-state index contributed by atoms with van der Waals surface area (Å²) >= 11 is 1.23. The Hall–Kier alpha value is -2.35. The van der Waals surface area contributed by atoms with Gasteiger partial charge in [0.1, 0.15) is 0 Å². The van der Waals surface area contributed by atoms with E-state index in [0.717, 1.165) is 25.1 Å². The molecule has 0 saturated heterocycles. The summed E-state index contributed by atoms with van der Waals surface area (Å²) in [5.74, 6) is 0.144. The third kappa shape index (κ3) is 3.37. The summed E-state index contributed by atoms with van der Waals surface area (Å²) in [6.45, 7) is 2.56. The van der Waals surface area contributed by atoms with Gasteiger partial charge in [0.25, 0.3) is 0 Å². The van der Waals surface area contributed by atoms with Gasteiger partial charge in [0.15, 0.2) is 5.16 Å². The highest BCUT2D eigenvalue weighted by Gasteiger charge is 2.27. The van der Waals surface area contributed by atoms with Crippen molar-refractivity contribution in [3.8, 4) is 0 Å². The van der Waals surface area contributed by atoms with E-state index >= 15 is 0 Å². The third-order valence-electron chi connectivity index (χ3n) is 3.66. The van der Waals surface area contributed by atoms with Crippen molar-refractivity contribution in [2.45, 2.75) is 30.2 Å². The Kier molecular flexibility index (Phi) is 4.33. The Morgan fingerprint density at radius 2 is 1.91 bits per heavy atom. The van der Waals surface area contributed by atoms with Crippen molar-refractivity contribution in [2.24, 2.45) is 0 Å². The number of fused-ring (bicyclic) bond motifs is 1. The maximum Gasteiger partial charge on any atom is 0.240 e. The van der Waals surface area contributed by atoms with Gasteiger partial charge < -0.3 is 16.4 Å². The average molecular weight is 330 g/mol. The maximum absolute atomic E-state index is 12.8. The summed E-state index contributed by atoms with van der Waals surface area (Å²) in [7, 11) is 0. The molecule has 1 aliphatic heterocycles. The molecule has 0 aliphatic carbocycles. The number of carbonyl (C=O) groups excluding carboxylic acids is 1. The van der Waals surface area contributed by atoms with Gasteiger partial charge in [-0.05, 0) is 31.4 Å². The van der Waals surface area contributed by atoms with Crippen LogP contribution in [0.4, 0.5) is 17.6 Å². The van der Waals surface area contributed by atoms with Gasteiger partial charge in [-0.3, -0.25) is 4.79 Å². The monoisotopic (exact) mass is 330 g/mol. The molecule has 0 fully saturated rings. The summed E-state index contributed by atoms with van der Waals surface area (Å²) in [5.41, 5.74) is 13.3. The molecule has 120 valence electrons. The first-order valence-electron chi connectivity index (χ1n) is 7.37. The second kappa shape index (κ2) is 6.41. The van der Waals surface area contributed by atoms with Gasteiger partial charge in [-0.25, -0.2) is 0 Å². The molecule has 8 heteroatoms. The molecule has 1 aromatic heterocycles. The number of aryl methyl sites for hydroxylation is 1. The zero-order valence-corrected chi connectivity index (χ0v) is 13.6. The highest BCUT2D eigenvalue weighted by Crippen LogP contribution is 2.30. The second-order valence-corrected chi connectivity index (χ2v) is 6.62. The van der Waals surface area contributed by atoms with Gasteiger partial charge in [0.05, 0.1) is 5.25 Å². The lowest BCUT2D eigenvalue weighted by Gasteiger charge is -2.31. The van der Waals surface area contributed by atoms with Crippen LogP contribution in [0.2, 0.25) is 0 Å². The van der Waals surface area contributed by atoms with E-state index in [1.54, 1.807) is 0 Å². The SMILES string of the molecule is C[C@@H](Sc1nc(N)nc(N)n1)C(=O)N1CCCc2ccccc21. The molecule has 1 aliphatic rings. The topological polar surface area (TPSA) is 111 Å². The summed E-state index contributed by atoms with van der Waals surface area (Å²) in [6.07, 6.45) is 1.97. The van der Waals surface area contributed by atoms with E-state index in [1.165, 1.54) is 17.3 Å². The Morgan fingerprint density at radius 1 is 1.22 bits per heavy atom. The molecule has 7 nitrogen and oxygen atoms in total. The number of aromatic nitrogens is 3. The van der Waals surface area contributed by atoms with Crippen molar-refractivity contribution < 1.29 is 4.79 Å². The van der Waals surface area contributed by atoms with Crippen molar-refractivity contribution in [1.82, 2.24) is 15.0 Å². The molecule has 23 heavy (non-hydrogen) atoms. The molecular weight excluding hydrogens is 312 g/mol. The van der Waals surface area contributed by atoms with Crippen LogP contribution in [-0.4, -0.2) is 32.7 Å². The molecule has 1 atom stereocenters. The summed E-state index contributed by atoms with van der Waals surface area (Å²) in [6, 6.07) is 8.01. The molecule has 4 N–H and O–H groups in total. The molecule has 0 radical (unpaired) electrons. The lowest BCUT2D eigenvalue weighted by atomic mass is 10.0. The minimum absolute atomic E-state index is 0.0275. The number of nitrogens with two attached hydrogens (primary N) is 2. The first-order chi connectivity index (χ1) is 11.0. The van der Waals surface area contributed by atoms with Crippen LogP contribution in [0.15, 0.2) is 29.4 Å². The van der Waals surface area contributed by atoms with Crippen molar-refractivity contribution >= 4 is 35.3 Å². The minimum Gasteiger partial charge on any atom is -0.368 e. The predicted molar refractivity (Wildman–Crippen MR) is 91.1 cm³/mol. The molecule has 2 heterocycles. The first-order valence-corrected chi connectivity index (χ1v) is 8.25. The highest BCUT2D eigenvalue weighted by molar-refractivity contribution is 8.00. The van der Waals surface area contributed by atoms with Crippen LogP contribution in [0, 0.1) is 0 Å². The second-order valence-electron chi connectivity index (χ2n) is 5.32. The van der Waals surface area contributed by atoms with E-state index in [0.29, 0.717) is 5.16 Å². The number of amides is 1. The summed E-state index contributed by atoms with van der Waals surface area (Å²) in [4.78, 5) is 26.4. The number of hydrogen-bond donors (Lipinski definition) is 2. The van der Waals surface area contributed by atoms with E-state index in [4.69, 9.17) is 11.5 Å².